The fraction of sp³-hybridized carbons (Fsp3) is 0.545. The summed E-state index contributed by atoms with van der Waals surface area (Å²) in [6.45, 7) is 2.91. The zero-order chi connectivity index (χ0) is 13.3. The molecule has 0 spiro atoms. The zero-order valence-corrected chi connectivity index (χ0v) is 12.5. The van der Waals surface area contributed by atoms with Gasteiger partial charge in [0.1, 0.15) is 4.90 Å². The molecule has 2 N–H and O–H groups in total. The van der Waals surface area contributed by atoms with Gasteiger partial charge in [0.2, 0.25) is 10.0 Å². The lowest BCUT2D eigenvalue weighted by atomic mass is 9.99. The second-order valence-electron chi connectivity index (χ2n) is 4.76. The Balaban J connectivity index is 2.31. The van der Waals surface area contributed by atoms with Crippen molar-refractivity contribution in [3.05, 3.63) is 22.9 Å². The average molecular weight is 334 g/mol. The highest BCUT2D eigenvalue weighted by Crippen LogP contribution is 2.24. The maximum atomic E-state index is 12.4. The largest absolute Gasteiger partial charge is 0.326 e. The minimum Gasteiger partial charge on any atom is -0.326 e. The highest BCUT2D eigenvalue weighted by molar-refractivity contribution is 9.10. The van der Waals surface area contributed by atoms with Gasteiger partial charge >= 0.3 is 0 Å². The molecule has 5 nitrogen and oxygen atoms in total. The maximum absolute atomic E-state index is 12.4. The van der Waals surface area contributed by atoms with E-state index in [-0.39, 0.29) is 16.9 Å². The van der Waals surface area contributed by atoms with Crippen LogP contribution in [0.25, 0.3) is 0 Å². The Hall–Kier alpha value is -0.500. The topological polar surface area (TPSA) is 76.3 Å². The van der Waals surface area contributed by atoms with E-state index in [1.54, 1.807) is 12.3 Å². The Labute approximate surface area is 116 Å². The van der Waals surface area contributed by atoms with E-state index in [9.17, 15) is 8.42 Å². The van der Waals surface area contributed by atoms with Gasteiger partial charge in [-0.25, -0.2) is 8.42 Å². The minimum atomic E-state index is -3.49. The van der Waals surface area contributed by atoms with Crippen LogP contribution in [-0.4, -0.2) is 36.8 Å². The second-order valence-corrected chi connectivity index (χ2v) is 7.62. The lowest BCUT2D eigenvalue weighted by Crippen LogP contribution is -2.48. The Morgan fingerprint density at radius 2 is 2.17 bits per heavy atom. The summed E-state index contributed by atoms with van der Waals surface area (Å²) in [6, 6.07) is 1.47. The standard InChI is InChI=1S/C11H16BrN3O2S/c1-8-2-10(13)7-15(6-8)18(16,17)11-3-9(12)4-14-5-11/h3-5,8,10H,2,6-7,13H2,1H3. The number of nitrogens with two attached hydrogens (primary N) is 1. The van der Waals surface area contributed by atoms with Gasteiger partial charge in [-0.3, -0.25) is 4.98 Å². The van der Waals surface area contributed by atoms with Crippen LogP contribution < -0.4 is 5.73 Å². The number of nitrogens with zero attached hydrogens (tertiary/aromatic N) is 2. The number of sulfonamides is 1. The molecule has 1 saturated heterocycles. The Morgan fingerprint density at radius 3 is 2.78 bits per heavy atom. The van der Waals surface area contributed by atoms with E-state index in [1.165, 1.54) is 10.5 Å². The SMILES string of the molecule is CC1CC(N)CN(S(=O)(=O)c2cncc(Br)c2)C1. The Bertz CT molecular complexity index is 525. The van der Waals surface area contributed by atoms with Crippen LogP contribution >= 0.6 is 15.9 Å². The molecule has 1 aliphatic heterocycles. The fourth-order valence-corrected chi connectivity index (χ4v) is 4.35. The number of aromatic nitrogens is 1. The highest BCUT2D eigenvalue weighted by atomic mass is 79.9. The van der Waals surface area contributed by atoms with E-state index in [1.807, 2.05) is 6.92 Å². The van der Waals surface area contributed by atoms with Gasteiger partial charge in [0.15, 0.2) is 0 Å². The van der Waals surface area contributed by atoms with Crippen molar-refractivity contribution in [1.29, 1.82) is 0 Å². The molecule has 1 aromatic rings. The van der Waals surface area contributed by atoms with Gasteiger partial charge in [-0.15, -0.1) is 0 Å². The molecule has 2 atom stereocenters. The van der Waals surface area contributed by atoms with E-state index in [0.717, 1.165) is 6.42 Å². The number of pyridine rings is 1. The summed E-state index contributed by atoms with van der Waals surface area (Å²) in [5, 5.41) is 0. The molecular weight excluding hydrogens is 318 g/mol. The average Bonchev–Trinajstić information content (AvgIpc) is 2.27. The van der Waals surface area contributed by atoms with Crippen LogP contribution in [0.4, 0.5) is 0 Å². The second kappa shape index (κ2) is 5.24. The van der Waals surface area contributed by atoms with Crippen LogP contribution in [0, 0.1) is 5.92 Å². The predicted octanol–water partition coefficient (Wildman–Crippen LogP) is 1.20. The molecule has 100 valence electrons. The first-order chi connectivity index (χ1) is 8.39. The first-order valence-electron chi connectivity index (χ1n) is 5.76. The van der Waals surface area contributed by atoms with Crippen LogP contribution in [0.2, 0.25) is 0 Å². The van der Waals surface area contributed by atoms with Crippen molar-refractivity contribution in [3.63, 3.8) is 0 Å². The third-order valence-corrected chi connectivity index (χ3v) is 5.21. The molecule has 0 amide bonds. The van der Waals surface area contributed by atoms with Crippen LogP contribution in [0.3, 0.4) is 0 Å². The minimum absolute atomic E-state index is 0.0939. The van der Waals surface area contributed by atoms with Crippen molar-refractivity contribution in [1.82, 2.24) is 9.29 Å². The Morgan fingerprint density at radius 1 is 1.44 bits per heavy atom. The van der Waals surface area contributed by atoms with Gasteiger partial charge in [-0.2, -0.15) is 4.31 Å². The van der Waals surface area contributed by atoms with E-state index >= 15 is 0 Å². The Kier molecular flexibility index (Phi) is 4.05. The molecule has 1 aliphatic rings. The molecule has 2 unspecified atom stereocenters. The molecule has 1 aromatic heterocycles. The summed E-state index contributed by atoms with van der Waals surface area (Å²) >= 11 is 3.23. The molecule has 0 aromatic carbocycles. The maximum Gasteiger partial charge on any atom is 0.244 e. The molecule has 2 heterocycles. The van der Waals surface area contributed by atoms with Gasteiger partial charge in [0.25, 0.3) is 0 Å². The third-order valence-electron chi connectivity index (χ3n) is 2.98. The highest BCUT2D eigenvalue weighted by Gasteiger charge is 2.32. The van der Waals surface area contributed by atoms with Gasteiger partial charge in [0.05, 0.1) is 0 Å². The smallest absolute Gasteiger partial charge is 0.244 e. The van der Waals surface area contributed by atoms with E-state index in [4.69, 9.17) is 5.73 Å². The van der Waals surface area contributed by atoms with Crippen molar-refractivity contribution >= 4 is 26.0 Å². The van der Waals surface area contributed by atoms with Crippen LogP contribution in [-0.2, 0) is 10.0 Å². The summed E-state index contributed by atoms with van der Waals surface area (Å²) in [5.74, 6) is 0.281. The van der Waals surface area contributed by atoms with Crippen LogP contribution in [0.1, 0.15) is 13.3 Å². The zero-order valence-electron chi connectivity index (χ0n) is 10.1. The molecule has 2 rings (SSSR count). The fourth-order valence-electron chi connectivity index (χ4n) is 2.23. The van der Waals surface area contributed by atoms with Crippen LogP contribution in [0.15, 0.2) is 27.8 Å². The number of hydrogen-bond donors (Lipinski definition) is 1. The van der Waals surface area contributed by atoms with Crippen molar-refractivity contribution in [2.75, 3.05) is 13.1 Å². The summed E-state index contributed by atoms with van der Waals surface area (Å²) in [6.07, 6.45) is 3.79. The summed E-state index contributed by atoms with van der Waals surface area (Å²) in [7, 11) is -3.49. The van der Waals surface area contributed by atoms with E-state index < -0.39 is 10.0 Å². The molecule has 0 aliphatic carbocycles. The third kappa shape index (κ3) is 2.90. The molecule has 0 saturated carbocycles. The lowest BCUT2D eigenvalue weighted by molar-refractivity contribution is 0.254. The van der Waals surface area contributed by atoms with E-state index in [2.05, 4.69) is 20.9 Å². The molecule has 1 fully saturated rings. The predicted molar refractivity (Wildman–Crippen MR) is 72.5 cm³/mol. The normalized spacial score (nSPS) is 26.2. The van der Waals surface area contributed by atoms with Crippen molar-refractivity contribution in [2.24, 2.45) is 11.7 Å². The first kappa shape index (κ1) is 13.9. The van der Waals surface area contributed by atoms with Gasteiger partial charge < -0.3 is 5.73 Å². The summed E-state index contributed by atoms with van der Waals surface area (Å²) in [5.41, 5.74) is 5.89. The molecule has 0 radical (unpaired) electrons. The van der Waals surface area contributed by atoms with Crippen molar-refractivity contribution < 1.29 is 8.42 Å². The first-order valence-corrected chi connectivity index (χ1v) is 7.99. The van der Waals surface area contributed by atoms with E-state index in [0.29, 0.717) is 17.6 Å². The number of rotatable bonds is 2. The van der Waals surface area contributed by atoms with Gasteiger partial charge in [-0.1, -0.05) is 6.92 Å². The monoisotopic (exact) mass is 333 g/mol. The lowest BCUT2D eigenvalue weighted by Gasteiger charge is -2.33. The van der Waals surface area contributed by atoms with Gasteiger partial charge in [0, 0.05) is 36.0 Å². The quantitative estimate of drug-likeness (QED) is 0.882. The van der Waals surface area contributed by atoms with Crippen molar-refractivity contribution in [3.8, 4) is 0 Å². The summed E-state index contributed by atoms with van der Waals surface area (Å²) < 4.78 is 27.0. The number of halogens is 1. The van der Waals surface area contributed by atoms with Gasteiger partial charge in [-0.05, 0) is 34.3 Å². The van der Waals surface area contributed by atoms with Crippen LogP contribution in [0.5, 0.6) is 0 Å². The molecule has 0 bridgehead atoms. The molecule has 7 heteroatoms. The number of piperidine rings is 1. The number of hydrogen-bond acceptors (Lipinski definition) is 4. The molecular formula is C11H16BrN3O2S. The van der Waals surface area contributed by atoms with Crippen molar-refractivity contribution in [2.45, 2.75) is 24.3 Å². The summed E-state index contributed by atoms with van der Waals surface area (Å²) in [4.78, 5) is 4.11. The molecule has 18 heavy (non-hydrogen) atoms.